The second kappa shape index (κ2) is 11.7. The minimum absolute atomic E-state index is 0.0852. The summed E-state index contributed by atoms with van der Waals surface area (Å²) in [6.45, 7) is 4.97. The van der Waals surface area contributed by atoms with Gasteiger partial charge in [0.25, 0.3) is 10.0 Å². The molecular weight excluding hydrogens is 542 g/mol. The van der Waals surface area contributed by atoms with E-state index in [4.69, 9.17) is 0 Å². The number of likely N-dealkylation sites (N-methyl/N-ethyl adjacent to an activating group) is 1. The fourth-order valence-electron chi connectivity index (χ4n) is 3.82. The predicted octanol–water partition coefficient (Wildman–Crippen LogP) is 4.42. The van der Waals surface area contributed by atoms with Gasteiger partial charge in [0.2, 0.25) is 11.8 Å². The number of anilines is 1. The Labute approximate surface area is 221 Å². The highest BCUT2D eigenvalue weighted by Crippen LogP contribution is 2.27. The van der Waals surface area contributed by atoms with Crippen LogP contribution in [0.5, 0.6) is 0 Å². The van der Waals surface area contributed by atoms with Gasteiger partial charge >= 0.3 is 0 Å². The van der Waals surface area contributed by atoms with E-state index in [9.17, 15) is 18.0 Å². The number of halogens is 1. The normalized spacial score (nSPS) is 12.0. The summed E-state index contributed by atoms with van der Waals surface area (Å²) in [4.78, 5) is 27.8. The van der Waals surface area contributed by atoms with E-state index in [2.05, 4.69) is 21.2 Å². The Morgan fingerprint density at radius 1 is 0.972 bits per heavy atom. The molecule has 0 saturated heterocycles. The molecule has 0 aliphatic carbocycles. The van der Waals surface area contributed by atoms with Crippen LogP contribution < -0.4 is 9.62 Å². The summed E-state index contributed by atoms with van der Waals surface area (Å²) < 4.78 is 29.5. The Morgan fingerprint density at radius 3 is 2.25 bits per heavy atom. The molecule has 1 atom stereocenters. The Morgan fingerprint density at radius 2 is 1.64 bits per heavy atom. The van der Waals surface area contributed by atoms with E-state index in [1.807, 2.05) is 37.3 Å². The first kappa shape index (κ1) is 27.4. The van der Waals surface area contributed by atoms with Gasteiger partial charge in [0, 0.05) is 18.1 Å². The number of carbonyl (C=O) groups is 2. The molecule has 0 aliphatic rings. The van der Waals surface area contributed by atoms with Crippen molar-refractivity contribution in [1.29, 1.82) is 0 Å². The van der Waals surface area contributed by atoms with E-state index in [0.29, 0.717) is 11.3 Å². The standard InChI is InChI=1S/C27H30BrN3O4S/c1-19-12-14-24(15-13-19)36(34,35)31(25-11-6-5-8-20(25)2)18-26(32)30(21(3)27(33)29-4)17-22-9-7-10-23(28)16-22/h5-16,21H,17-18H2,1-4H3,(H,29,33)/t21-/m0/s1. The SMILES string of the molecule is CNC(=O)[C@H](C)N(Cc1cccc(Br)c1)C(=O)CN(c1ccccc1C)S(=O)(=O)c1ccc(C)cc1. The van der Waals surface area contributed by atoms with E-state index in [1.54, 1.807) is 44.2 Å². The molecule has 0 aliphatic heterocycles. The van der Waals surface area contributed by atoms with Crippen LogP contribution in [-0.2, 0) is 26.2 Å². The monoisotopic (exact) mass is 571 g/mol. The number of rotatable bonds is 9. The van der Waals surface area contributed by atoms with Crippen LogP contribution in [0.2, 0.25) is 0 Å². The van der Waals surface area contributed by atoms with Gasteiger partial charge in [0.1, 0.15) is 12.6 Å². The molecular formula is C27H30BrN3O4S. The van der Waals surface area contributed by atoms with Gasteiger partial charge in [-0.05, 0) is 62.2 Å². The molecule has 0 saturated carbocycles. The van der Waals surface area contributed by atoms with Crippen molar-refractivity contribution in [2.75, 3.05) is 17.9 Å². The van der Waals surface area contributed by atoms with E-state index in [-0.39, 0.29) is 17.3 Å². The second-order valence-corrected chi connectivity index (χ2v) is 11.3. The molecule has 0 aromatic heterocycles. The van der Waals surface area contributed by atoms with Crippen molar-refractivity contribution in [3.05, 3.63) is 94.0 Å². The Bertz CT molecular complexity index is 1340. The van der Waals surface area contributed by atoms with Crippen molar-refractivity contribution in [2.45, 2.75) is 38.3 Å². The van der Waals surface area contributed by atoms with Crippen molar-refractivity contribution >= 4 is 43.5 Å². The molecule has 2 amide bonds. The third kappa shape index (κ3) is 6.33. The zero-order chi connectivity index (χ0) is 26.5. The molecule has 36 heavy (non-hydrogen) atoms. The molecule has 0 unspecified atom stereocenters. The molecule has 0 bridgehead atoms. The van der Waals surface area contributed by atoms with Gasteiger partial charge in [-0.15, -0.1) is 0 Å². The number of sulfonamides is 1. The Balaban J connectivity index is 2.05. The zero-order valence-electron chi connectivity index (χ0n) is 20.7. The van der Waals surface area contributed by atoms with Gasteiger partial charge in [-0.3, -0.25) is 13.9 Å². The third-order valence-electron chi connectivity index (χ3n) is 5.93. The van der Waals surface area contributed by atoms with Crippen molar-refractivity contribution < 1.29 is 18.0 Å². The number of amides is 2. The summed E-state index contributed by atoms with van der Waals surface area (Å²) >= 11 is 3.43. The summed E-state index contributed by atoms with van der Waals surface area (Å²) in [5.41, 5.74) is 2.84. The molecule has 0 radical (unpaired) electrons. The lowest BCUT2D eigenvalue weighted by molar-refractivity contribution is -0.139. The predicted molar refractivity (Wildman–Crippen MR) is 145 cm³/mol. The van der Waals surface area contributed by atoms with Crippen molar-refractivity contribution in [1.82, 2.24) is 10.2 Å². The highest BCUT2D eigenvalue weighted by Gasteiger charge is 2.32. The van der Waals surface area contributed by atoms with Crippen LogP contribution in [0, 0.1) is 13.8 Å². The Kier molecular flexibility index (Phi) is 8.92. The van der Waals surface area contributed by atoms with Crippen LogP contribution in [0.1, 0.15) is 23.6 Å². The van der Waals surface area contributed by atoms with Crippen LogP contribution in [-0.4, -0.2) is 44.8 Å². The first-order valence-corrected chi connectivity index (χ1v) is 13.7. The number of nitrogens with zero attached hydrogens (tertiary/aromatic N) is 2. The molecule has 190 valence electrons. The van der Waals surface area contributed by atoms with Crippen molar-refractivity contribution in [2.24, 2.45) is 0 Å². The number of aryl methyl sites for hydroxylation is 2. The topological polar surface area (TPSA) is 86.8 Å². The van der Waals surface area contributed by atoms with Gasteiger partial charge in [-0.1, -0.05) is 64.0 Å². The average molecular weight is 573 g/mol. The molecule has 0 fully saturated rings. The van der Waals surface area contributed by atoms with Crippen LogP contribution in [0.3, 0.4) is 0 Å². The number of carbonyl (C=O) groups excluding carboxylic acids is 2. The van der Waals surface area contributed by atoms with Crippen molar-refractivity contribution in [3.63, 3.8) is 0 Å². The second-order valence-electron chi connectivity index (χ2n) is 8.55. The van der Waals surface area contributed by atoms with E-state index in [1.165, 1.54) is 24.1 Å². The summed E-state index contributed by atoms with van der Waals surface area (Å²) in [5.74, 6) is -0.841. The number of hydrogen-bond acceptors (Lipinski definition) is 4. The molecule has 3 aromatic carbocycles. The molecule has 7 nitrogen and oxygen atoms in total. The lowest BCUT2D eigenvalue weighted by Crippen LogP contribution is -2.50. The highest BCUT2D eigenvalue weighted by atomic mass is 79.9. The van der Waals surface area contributed by atoms with Gasteiger partial charge in [0.15, 0.2) is 0 Å². The van der Waals surface area contributed by atoms with Gasteiger partial charge < -0.3 is 10.2 Å². The fraction of sp³-hybridized carbons (Fsp3) is 0.259. The first-order chi connectivity index (χ1) is 17.0. The summed E-state index contributed by atoms with van der Waals surface area (Å²) in [6, 6.07) is 20.1. The maximum atomic E-state index is 13.8. The van der Waals surface area contributed by atoms with Crippen LogP contribution in [0.4, 0.5) is 5.69 Å². The molecule has 0 heterocycles. The Hall–Kier alpha value is -3.17. The highest BCUT2D eigenvalue weighted by molar-refractivity contribution is 9.10. The molecule has 0 spiro atoms. The third-order valence-corrected chi connectivity index (χ3v) is 8.19. The van der Waals surface area contributed by atoms with Gasteiger partial charge in [0.05, 0.1) is 10.6 Å². The van der Waals surface area contributed by atoms with Gasteiger partial charge in [-0.2, -0.15) is 0 Å². The smallest absolute Gasteiger partial charge is 0.264 e. The molecule has 3 rings (SSSR count). The fourth-order valence-corrected chi connectivity index (χ4v) is 5.74. The largest absolute Gasteiger partial charge is 0.357 e. The summed E-state index contributed by atoms with van der Waals surface area (Å²) in [7, 11) is -2.57. The maximum absolute atomic E-state index is 13.8. The molecule has 9 heteroatoms. The summed E-state index contributed by atoms with van der Waals surface area (Å²) in [5, 5.41) is 2.58. The van der Waals surface area contributed by atoms with Gasteiger partial charge in [-0.25, -0.2) is 8.42 Å². The first-order valence-electron chi connectivity index (χ1n) is 11.4. The number of nitrogens with one attached hydrogen (secondary N) is 1. The van der Waals surface area contributed by atoms with Crippen molar-refractivity contribution in [3.8, 4) is 0 Å². The minimum Gasteiger partial charge on any atom is -0.357 e. The molecule has 1 N–H and O–H groups in total. The average Bonchev–Trinajstić information content (AvgIpc) is 2.85. The van der Waals surface area contributed by atoms with Crippen LogP contribution >= 0.6 is 15.9 Å². The quantitative estimate of drug-likeness (QED) is 0.411. The lowest BCUT2D eigenvalue weighted by atomic mass is 10.1. The van der Waals surface area contributed by atoms with E-state index >= 15 is 0 Å². The number of benzene rings is 3. The zero-order valence-corrected chi connectivity index (χ0v) is 23.1. The minimum atomic E-state index is -4.08. The van der Waals surface area contributed by atoms with E-state index in [0.717, 1.165) is 19.9 Å². The molecule has 3 aromatic rings. The lowest BCUT2D eigenvalue weighted by Gasteiger charge is -2.32. The van der Waals surface area contributed by atoms with E-state index < -0.39 is 28.5 Å². The summed E-state index contributed by atoms with van der Waals surface area (Å²) in [6.07, 6.45) is 0. The van der Waals surface area contributed by atoms with Crippen LogP contribution in [0.25, 0.3) is 0 Å². The van der Waals surface area contributed by atoms with Crippen LogP contribution in [0.15, 0.2) is 82.2 Å². The number of hydrogen-bond donors (Lipinski definition) is 1. The maximum Gasteiger partial charge on any atom is 0.264 e. The number of para-hydroxylation sites is 1.